The van der Waals surface area contributed by atoms with Crippen LogP contribution in [0.2, 0.25) is 0 Å². The smallest absolute Gasteiger partial charge is 0.00894 e. The van der Waals surface area contributed by atoms with Gasteiger partial charge in [-0.15, -0.1) is 0 Å². The highest BCUT2D eigenvalue weighted by Gasteiger charge is 1.84. The van der Waals surface area contributed by atoms with Gasteiger partial charge in [-0.05, 0) is 17.3 Å². The van der Waals surface area contributed by atoms with Crippen LogP contribution in [0.25, 0.3) is 0 Å². The van der Waals surface area contributed by atoms with Crippen LogP contribution in [0.5, 0.6) is 0 Å². The average Bonchev–Trinajstić information content (AvgIpc) is 1.68. The first-order chi connectivity index (χ1) is 3.81. The van der Waals surface area contributed by atoms with E-state index in [2.05, 4.69) is 35.9 Å². The molecule has 0 aromatic rings. The lowest BCUT2D eigenvalue weighted by Crippen LogP contribution is -1.68. The molecular weight excluding hydrogens is 164 g/mol. The molecule has 1 heteroatoms. The number of halogens is 1. The van der Waals surface area contributed by atoms with Crippen molar-refractivity contribution in [3.05, 3.63) is 10.6 Å². The number of hydrogen-bond acceptors (Lipinski definition) is 0. The van der Waals surface area contributed by atoms with Crippen molar-refractivity contribution in [2.45, 2.75) is 33.1 Å². The third kappa shape index (κ3) is 4.38. The molecule has 0 atom stereocenters. The highest BCUT2D eigenvalue weighted by Crippen LogP contribution is 2.12. The fraction of sp³-hybridized carbons (Fsp3) is 0.714. The molecule has 0 amide bonds. The predicted molar refractivity (Wildman–Crippen MR) is 42.2 cm³/mol. The van der Waals surface area contributed by atoms with Gasteiger partial charge in [0.2, 0.25) is 0 Å². The summed E-state index contributed by atoms with van der Waals surface area (Å²) < 4.78 is 1.35. The first-order valence-electron chi connectivity index (χ1n) is 3.15. The van der Waals surface area contributed by atoms with Crippen LogP contribution < -0.4 is 0 Å². The second kappa shape index (κ2) is 5.36. The van der Waals surface area contributed by atoms with Crippen molar-refractivity contribution in [1.29, 1.82) is 0 Å². The molecule has 0 aliphatic heterocycles. The Balaban J connectivity index is 3.29. The summed E-state index contributed by atoms with van der Waals surface area (Å²) >= 11 is 3.46. The zero-order chi connectivity index (χ0) is 6.41. The van der Waals surface area contributed by atoms with Gasteiger partial charge in [-0.1, -0.05) is 42.3 Å². The Kier molecular flexibility index (Phi) is 5.51. The van der Waals surface area contributed by atoms with Crippen LogP contribution in [-0.2, 0) is 0 Å². The number of hydrogen-bond donors (Lipinski definition) is 0. The molecule has 0 aliphatic carbocycles. The predicted octanol–water partition coefficient (Wildman–Crippen LogP) is 3.48. The fourth-order valence-electron chi connectivity index (χ4n) is 0.562. The summed E-state index contributed by atoms with van der Waals surface area (Å²) in [6.45, 7) is 4.34. The second-order valence-corrected chi connectivity index (χ2v) is 2.83. The number of rotatable bonds is 3. The van der Waals surface area contributed by atoms with E-state index in [1.165, 1.54) is 17.3 Å². The maximum Gasteiger partial charge on any atom is -0.00894 e. The molecule has 0 fully saturated rings. The molecule has 0 saturated heterocycles. The molecule has 48 valence electrons. The van der Waals surface area contributed by atoms with Crippen molar-refractivity contribution in [1.82, 2.24) is 0 Å². The van der Waals surface area contributed by atoms with Crippen molar-refractivity contribution >= 4 is 15.9 Å². The molecule has 0 bridgehead atoms. The van der Waals surface area contributed by atoms with Gasteiger partial charge in [0.05, 0.1) is 0 Å². The Morgan fingerprint density at radius 1 is 1.50 bits per heavy atom. The van der Waals surface area contributed by atoms with Gasteiger partial charge >= 0.3 is 0 Å². The second-order valence-electron chi connectivity index (χ2n) is 1.81. The average molecular weight is 177 g/mol. The minimum Gasteiger partial charge on any atom is -0.0746 e. The van der Waals surface area contributed by atoms with Gasteiger partial charge in [0, 0.05) is 0 Å². The molecule has 0 heterocycles. The summed E-state index contributed by atoms with van der Waals surface area (Å²) in [4.78, 5) is 0. The normalized spacial score (nSPS) is 12.1. The topological polar surface area (TPSA) is 0 Å². The standard InChI is InChI=1S/C7H13Br/c1-3-5-7(8)6-4-2/h5H,3-4,6H2,1-2H3/b7-5+. The highest BCUT2D eigenvalue weighted by molar-refractivity contribution is 9.11. The quantitative estimate of drug-likeness (QED) is 0.619. The summed E-state index contributed by atoms with van der Waals surface area (Å²) in [6, 6.07) is 0. The van der Waals surface area contributed by atoms with Crippen LogP contribution >= 0.6 is 15.9 Å². The van der Waals surface area contributed by atoms with Crippen LogP contribution in [0.4, 0.5) is 0 Å². The molecule has 0 spiro atoms. The molecule has 0 radical (unpaired) electrons. The van der Waals surface area contributed by atoms with E-state index in [0.29, 0.717) is 0 Å². The van der Waals surface area contributed by atoms with Gasteiger partial charge in [-0.25, -0.2) is 0 Å². The van der Waals surface area contributed by atoms with E-state index in [1.54, 1.807) is 0 Å². The monoisotopic (exact) mass is 176 g/mol. The van der Waals surface area contributed by atoms with Crippen LogP contribution in [0.3, 0.4) is 0 Å². The van der Waals surface area contributed by atoms with Gasteiger partial charge < -0.3 is 0 Å². The van der Waals surface area contributed by atoms with E-state index in [-0.39, 0.29) is 0 Å². The summed E-state index contributed by atoms with van der Waals surface area (Å²) in [7, 11) is 0. The summed E-state index contributed by atoms with van der Waals surface area (Å²) in [6.07, 6.45) is 5.77. The Morgan fingerprint density at radius 2 is 2.12 bits per heavy atom. The SMILES string of the molecule is CC/C=C(/Br)CCC. The Labute approximate surface area is 60.1 Å². The minimum absolute atomic E-state index is 1.14. The Morgan fingerprint density at radius 3 is 2.50 bits per heavy atom. The highest BCUT2D eigenvalue weighted by atomic mass is 79.9. The van der Waals surface area contributed by atoms with E-state index >= 15 is 0 Å². The van der Waals surface area contributed by atoms with Crippen LogP contribution in [0, 0.1) is 0 Å². The molecule has 0 N–H and O–H groups in total. The van der Waals surface area contributed by atoms with Crippen molar-refractivity contribution in [2.24, 2.45) is 0 Å². The molecule has 0 aromatic heterocycles. The zero-order valence-electron chi connectivity index (χ0n) is 5.58. The Bertz CT molecular complexity index is 74.5. The molecule has 0 aliphatic rings. The van der Waals surface area contributed by atoms with Crippen molar-refractivity contribution in [2.75, 3.05) is 0 Å². The lowest BCUT2D eigenvalue weighted by Gasteiger charge is -1.90. The zero-order valence-corrected chi connectivity index (χ0v) is 7.16. The van der Waals surface area contributed by atoms with Crippen LogP contribution in [-0.4, -0.2) is 0 Å². The summed E-state index contributed by atoms with van der Waals surface area (Å²) in [5.74, 6) is 0. The first-order valence-corrected chi connectivity index (χ1v) is 3.95. The lowest BCUT2D eigenvalue weighted by molar-refractivity contribution is 0.943. The maximum absolute atomic E-state index is 3.46. The minimum atomic E-state index is 1.14. The molecule has 0 unspecified atom stereocenters. The molecular formula is C7H13Br. The largest absolute Gasteiger partial charge is 0.0746 e. The van der Waals surface area contributed by atoms with E-state index in [0.717, 1.165) is 6.42 Å². The summed E-state index contributed by atoms with van der Waals surface area (Å²) in [5, 5.41) is 0. The fourth-order valence-corrected chi connectivity index (χ4v) is 1.28. The maximum atomic E-state index is 3.46. The van der Waals surface area contributed by atoms with Gasteiger partial charge in [0.25, 0.3) is 0 Å². The van der Waals surface area contributed by atoms with E-state index in [1.807, 2.05) is 0 Å². The lowest BCUT2D eigenvalue weighted by atomic mass is 10.3. The molecule has 0 nitrogen and oxygen atoms in total. The van der Waals surface area contributed by atoms with Gasteiger partial charge in [-0.3, -0.25) is 0 Å². The van der Waals surface area contributed by atoms with E-state index < -0.39 is 0 Å². The van der Waals surface area contributed by atoms with Gasteiger partial charge in [-0.2, -0.15) is 0 Å². The van der Waals surface area contributed by atoms with Crippen LogP contribution in [0.1, 0.15) is 33.1 Å². The first kappa shape index (κ1) is 8.22. The van der Waals surface area contributed by atoms with E-state index in [4.69, 9.17) is 0 Å². The molecule has 0 aromatic carbocycles. The van der Waals surface area contributed by atoms with Crippen molar-refractivity contribution < 1.29 is 0 Å². The van der Waals surface area contributed by atoms with Gasteiger partial charge in [0.15, 0.2) is 0 Å². The summed E-state index contributed by atoms with van der Waals surface area (Å²) in [5.41, 5.74) is 0. The molecule has 0 rings (SSSR count). The van der Waals surface area contributed by atoms with Crippen molar-refractivity contribution in [3.63, 3.8) is 0 Å². The van der Waals surface area contributed by atoms with E-state index in [9.17, 15) is 0 Å². The molecule has 0 saturated carbocycles. The van der Waals surface area contributed by atoms with Crippen molar-refractivity contribution in [3.8, 4) is 0 Å². The van der Waals surface area contributed by atoms with Crippen LogP contribution in [0.15, 0.2) is 10.6 Å². The molecule has 8 heavy (non-hydrogen) atoms. The third-order valence-corrected chi connectivity index (χ3v) is 1.63. The number of allylic oxidation sites excluding steroid dienone is 2. The Hall–Kier alpha value is 0.220. The third-order valence-electron chi connectivity index (χ3n) is 0.914. The van der Waals surface area contributed by atoms with Gasteiger partial charge in [0.1, 0.15) is 0 Å².